The van der Waals surface area contributed by atoms with E-state index in [4.69, 9.17) is 9.47 Å². The molecule has 126 valence electrons. The maximum absolute atomic E-state index is 12.6. The van der Waals surface area contributed by atoms with Crippen molar-refractivity contribution in [2.45, 2.75) is 54.4 Å². The molecule has 0 radical (unpaired) electrons. The average Bonchev–Trinajstić information content (AvgIpc) is 2.51. The first-order chi connectivity index (χ1) is 10.4. The average molecular weight is 311 g/mol. The van der Waals surface area contributed by atoms with Crippen LogP contribution in [-0.4, -0.2) is 25.2 Å². The molecule has 22 heavy (non-hydrogen) atoms. The molecule has 0 amide bonds. The lowest BCUT2D eigenvalue weighted by molar-refractivity contribution is -0.171. The van der Waals surface area contributed by atoms with Crippen molar-refractivity contribution >= 4 is 11.9 Å². The Hall–Kier alpha value is -1.57. The van der Waals surface area contributed by atoms with Crippen molar-refractivity contribution in [1.29, 1.82) is 5.26 Å². The van der Waals surface area contributed by atoms with E-state index in [9.17, 15) is 14.9 Å². The van der Waals surface area contributed by atoms with Gasteiger partial charge in [0.25, 0.3) is 0 Å². The van der Waals surface area contributed by atoms with Crippen LogP contribution >= 0.6 is 0 Å². The molecular formula is C17H29NO4. The molecule has 5 nitrogen and oxygen atoms in total. The molecule has 0 spiro atoms. The van der Waals surface area contributed by atoms with Crippen LogP contribution in [0.3, 0.4) is 0 Å². The van der Waals surface area contributed by atoms with Crippen molar-refractivity contribution < 1.29 is 19.1 Å². The Labute approximate surface area is 134 Å². The standard InChI is InChI=1S/C17H29NO4/c1-7-12(5)14(15(19)21-9-3)17(11-18,13(6)8-2)16(20)22-10-4/h12-14H,7-10H2,1-6H3. The first-order valence-corrected chi connectivity index (χ1v) is 8.12. The minimum absolute atomic E-state index is 0.155. The van der Waals surface area contributed by atoms with Crippen molar-refractivity contribution in [1.82, 2.24) is 0 Å². The third-order valence-corrected chi connectivity index (χ3v) is 4.43. The topological polar surface area (TPSA) is 76.4 Å². The van der Waals surface area contributed by atoms with Crippen LogP contribution in [0.15, 0.2) is 0 Å². The molecule has 4 atom stereocenters. The zero-order valence-corrected chi connectivity index (χ0v) is 14.6. The minimum atomic E-state index is -1.51. The lowest BCUT2D eigenvalue weighted by Crippen LogP contribution is -2.50. The fraction of sp³-hybridized carbons (Fsp3) is 0.824. The summed E-state index contributed by atoms with van der Waals surface area (Å²) in [6.07, 6.45) is 1.27. The first-order valence-electron chi connectivity index (χ1n) is 8.12. The van der Waals surface area contributed by atoms with Gasteiger partial charge in [-0.3, -0.25) is 9.59 Å². The molecule has 0 N–H and O–H groups in total. The second-order valence-electron chi connectivity index (χ2n) is 5.63. The molecular weight excluding hydrogens is 282 g/mol. The van der Waals surface area contributed by atoms with E-state index < -0.39 is 23.3 Å². The number of nitriles is 1. The molecule has 0 aromatic carbocycles. The normalized spacial score (nSPS) is 17.5. The number of nitrogens with zero attached hydrogens (tertiary/aromatic N) is 1. The van der Waals surface area contributed by atoms with E-state index in [-0.39, 0.29) is 25.0 Å². The SMILES string of the molecule is CCOC(=O)C(C(C)CC)C(C#N)(C(=O)OCC)C(C)CC. The second-order valence-corrected chi connectivity index (χ2v) is 5.63. The number of carbonyl (C=O) groups is 2. The summed E-state index contributed by atoms with van der Waals surface area (Å²) in [6, 6.07) is 2.13. The van der Waals surface area contributed by atoms with Gasteiger partial charge >= 0.3 is 11.9 Å². The number of esters is 2. The molecule has 0 aliphatic heterocycles. The predicted octanol–water partition coefficient (Wildman–Crippen LogP) is 3.33. The maximum Gasteiger partial charge on any atom is 0.327 e. The highest BCUT2D eigenvalue weighted by molar-refractivity contribution is 5.88. The van der Waals surface area contributed by atoms with Crippen molar-refractivity contribution in [2.24, 2.45) is 23.2 Å². The molecule has 0 saturated carbocycles. The van der Waals surface area contributed by atoms with Crippen molar-refractivity contribution in [3.8, 4) is 6.07 Å². The van der Waals surface area contributed by atoms with Crippen LogP contribution < -0.4 is 0 Å². The van der Waals surface area contributed by atoms with Gasteiger partial charge < -0.3 is 9.47 Å². The van der Waals surface area contributed by atoms with Crippen molar-refractivity contribution in [3.63, 3.8) is 0 Å². The van der Waals surface area contributed by atoms with E-state index in [0.717, 1.165) is 0 Å². The fourth-order valence-electron chi connectivity index (χ4n) is 2.77. The van der Waals surface area contributed by atoms with Crippen molar-refractivity contribution in [3.05, 3.63) is 0 Å². The van der Waals surface area contributed by atoms with Crippen LogP contribution in [0.5, 0.6) is 0 Å². The van der Waals surface area contributed by atoms with E-state index in [1.54, 1.807) is 13.8 Å². The Kier molecular flexibility index (Phi) is 8.77. The van der Waals surface area contributed by atoms with Gasteiger partial charge in [0, 0.05) is 0 Å². The minimum Gasteiger partial charge on any atom is -0.466 e. The maximum atomic E-state index is 12.6. The van der Waals surface area contributed by atoms with Gasteiger partial charge in [-0.15, -0.1) is 0 Å². The smallest absolute Gasteiger partial charge is 0.327 e. The predicted molar refractivity (Wildman–Crippen MR) is 83.7 cm³/mol. The summed E-state index contributed by atoms with van der Waals surface area (Å²) >= 11 is 0. The Bertz CT molecular complexity index is 415. The van der Waals surface area contributed by atoms with E-state index in [0.29, 0.717) is 12.8 Å². The Balaban J connectivity index is 6.10. The van der Waals surface area contributed by atoms with E-state index >= 15 is 0 Å². The number of ether oxygens (including phenoxy) is 2. The van der Waals surface area contributed by atoms with Crippen LogP contribution in [0.25, 0.3) is 0 Å². The van der Waals surface area contributed by atoms with Gasteiger partial charge in [-0.1, -0.05) is 40.5 Å². The Morgan fingerprint density at radius 2 is 1.59 bits per heavy atom. The zero-order chi connectivity index (χ0) is 17.3. The summed E-state index contributed by atoms with van der Waals surface area (Å²) in [5.74, 6) is -2.40. The molecule has 0 bridgehead atoms. The first kappa shape index (κ1) is 20.4. The molecule has 0 fully saturated rings. The third-order valence-electron chi connectivity index (χ3n) is 4.43. The molecule has 0 rings (SSSR count). The van der Waals surface area contributed by atoms with E-state index in [2.05, 4.69) is 6.07 Å². The van der Waals surface area contributed by atoms with Gasteiger partial charge in [0.1, 0.15) is 0 Å². The summed E-state index contributed by atoms with van der Waals surface area (Å²) in [5, 5.41) is 9.85. The van der Waals surface area contributed by atoms with Gasteiger partial charge in [-0.05, 0) is 25.7 Å². The van der Waals surface area contributed by atoms with Gasteiger partial charge in [-0.25, -0.2) is 0 Å². The number of hydrogen-bond acceptors (Lipinski definition) is 5. The lowest BCUT2D eigenvalue weighted by atomic mass is 9.62. The molecule has 0 aromatic rings. The van der Waals surface area contributed by atoms with Crippen LogP contribution in [-0.2, 0) is 19.1 Å². The summed E-state index contributed by atoms with van der Waals surface area (Å²) < 4.78 is 10.3. The lowest BCUT2D eigenvalue weighted by Gasteiger charge is -2.38. The van der Waals surface area contributed by atoms with Crippen LogP contribution in [0.2, 0.25) is 0 Å². The number of hydrogen-bond donors (Lipinski definition) is 0. The van der Waals surface area contributed by atoms with E-state index in [1.165, 1.54) is 0 Å². The second kappa shape index (κ2) is 9.45. The van der Waals surface area contributed by atoms with Crippen molar-refractivity contribution in [2.75, 3.05) is 13.2 Å². The quantitative estimate of drug-likeness (QED) is 0.610. The molecule has 0 aromatic heterocycles. The number of rotatable bonds is 9. The molecule has 0 saturated heterocycles. The highest BCUT2D eigenvalue weighted by atomic mass is 16.5. The molecule has 0 aliphatic rings. The number of carbonyl (C=O) groups excluding carboxylic acids is 2. The highest BCUT2D eigenvalue weighted by Gasteiger charge is 2.56. The van der Waals surface area contributed by atoms with Gasteiger partial charge in [-0.2, -0.15) is 5.26 Å². The van der Waals surface area contributed by atoms with Gasteiger partial charge in [0.15, 0.2) is 5.41 Å². The summed E-state index contributed by atoms with van der Waals surface area (Å²) in [4.78, 5) is 25.1. The van der Waals surface area contributed by atoms with Gasteiger partial charge in [0.05, 0.1) is 25.2 Å². The zero-order valence-electron chi connectivity index (χ0n) is 14.6. The molecule has 0 aliphatic carbocycles. The molecule has 4 unspecified atom stereocenters. The van der Waals surface area contributed by atoms with Crippen LogP contribution in [0.1, 0.15) is 54.4 Å². The van der Waals surface area contributed by atoms with Crippen LogP contribution in [0.4, 0.5) is 0 Å². The molecule has 0 heterocycles. The fourth-order valence-corrected chi connectivity index (χ4v) is 2.77. The summed E-state index contributed by atoms with van der Waals surface area (Å²) in [6.45, 7) is 11.3. The Morgan fingerprint density at radius 1 is 1.05 bits per heavy atom. The molecule has 5 heteroatoms. The summed E-state index contributed by atoms with van der Waals surface area (Å²) in [5.41, 5.74) is -1.51. The monoisotopic (exact) mass is 311 g/mol. The Morgan fingerprint density at radius 3 is 1.95 bits per heavy atom. The summed E-state index contributed by atoms with van der Waals surface area (Å²) in [7, 11) is 0. The van der Waals surface area contributed by atoms with Crippen LogP contribution in [0, 0.1) is 34.5 Å². The third kappa shape index (κ3) is 4.00. The van der Waals surface area contributed by atoms with Gasteiger partial charge in [0.2, 0.25) is 0 Å². The largest absolute Gasteiger partial charge is 0.466 e. The highest BCUT2D eigenvalue weighted by Crippen LogP contribution is 2.44. The van der Waals surface area contributed by atoms with E-state index in [1.807, 2.05) is 27.7 Å².